The number of unbranched alkanes of at least 4 members (excludes halogenated alkanes) is 11. The van der Waals surface area contributed by atoms with E-state index < -0.39 is 43.4 Å². The maximum Gasteiger partial charge on any atom is 0.306 e. The molecule has 9 nitrogen and oxygen atoms in total. The van der Waals surface area contributed by atoms with Crippen LogP contribution in [0, 0.1) is 0 Å². The van der Waals surface area contributed by atoms with E-state index in [9.17, 15) is 25.2 Å². The summed E-state index contributed by atoms with van der Waals surface area (Å²) in [5, 5.41) is 39.4. The summed E-state index contributed by atoms with van der Waals surface area (Å²) in [6.45, 7) is 4.42. The van der Waals surface area contributed by atoms with Crippen molar-refractivity contribution in [1.29, 1.82) is 0 Å². The van der Waals surface area contributed by atoms with E-state index in [1.807, 2.05) is 0 Å². The molecule has 1 aliphatic heterocycles. The lowest BCUT2D eigenvalue weighted by molar-refractivity contribution is -0.305. The second-order valence-corrected chi connectivity index (χ2v) is 9.86. The SMILES string of the molecule is CCCCCCCCCOCC(COC1OC(CO)C(O)C(O)C1O)OC(=O)CCCCCCCC. The van der Waals surface area contributed by atoms with Crippen molar-refractivity contribution in [3.63, 3.8) is 0 Å². The molecule has 0 aromatic rings. The Labute approximate surface area is 217 Å². The summed E-state index contributed by atoms with van der Waals surface area (Å²) in [6.07, 6.45) is 7.42. The maximum atomic E-state index is 12.4. The summed E-state index contributed by atoms with van der Waals surface area (Å²) in [5.41, 5.74) is 0. The van der Waals surface area contributed by atoms with E-state index in [0.29, 0.717) is 13.0 Å². The van der Waals surface area contributed by atoms with Gasteiger partial charge in [0.2, 0.25) is 0 Å². The van der Waals surface area contributed by atoms with Gasteiger partial charge in [0.05, 0.1) is 19.8 Å². The third kappa shape index (κ3) is 14.2. The zero-order valence-corrected chi connectivity index (χ0v) is 22.5. The number of carbonyl (C=O) groups excluding carboxylic acids is 1. The van der Waals surface area contributed by atoms with Crippen molar-refractivity contribution in [1.82, 2.24) is 0 Å². The average molecular weight is 521 g/mol. The summed E-state index contributed by atoms with van der Waals surface area (Å²) < 4.78 is 22.3. The Hall–Kier alpha value is -0.810. The summed E-state index contributed by atoms with van der Waals surface area (Å²) in [4.78, 5) is 12.4. The van der Waals surface area contributed by atoms with Crippen LogP contribution in [0.4, 0.5) is 0 Å². The molecule has 1 heterocycles. The number of ether oxygens (including phenoxy) is 4. The van der Waals surface area contributed by atoms with Crippen LogP contribution in [0.3, 0.4) is 0 Å². The van der Waals surface area contributed by atoms with Gasteiger partial charge in [0.1, 0.15) is 30.5 Å². The molecule has 6 atom stereocenters. The van der Waals surface area contributed by atoms with Gasteiger partial charge in [0.25, 0.3) is 0 Å². The van der Waals surface area contributed by atoms with Crippen LogP contribution in [0.15, 0.2) is 0 Å². The zero-order chi connectivity index (χ0) is 26.6. The fourth-order valence-electron chi connectivity index (χ4n) is 4.19. The molecule has 1 saturated heterocycles. The Kier molecular flexibility index (Phi) is 19.5. The van der Waals surface area contributed by atoms with Gasteiger partial charge in [-0.25, -0.2) is 0 Å². The van der Waals surface area contributed by atoms with Crippen LogP contribution >= 0.6 is 0 Å². The van der Waals surface area contributed by atoms with Gasteiger partial charge in [-0.3, -0.25) is 4.79 Å². The molecule has 0 bridgehead atoms. The van der Waals surface area contributed by atoms with Crippen LogP contribution in [0.2, 0.25) is 0 Å². The van der Waals surface area contributed by atoms with Crippen molar-refractivity contribution >= 4 is 5.97 Å². The van der Waals surface area contributed by atoms with E-state index in [0.717, 1.165) is 32.1 Å². The van der Waals surface area contributed by atoms with Gasteiger partial charge < -0.3 is 39.4 Å². The normalized spacial score (nSPS) is 25.1. The van der Waals surface area contributed by atoms with Crippen LogP contribution in [0.5, 0.6) is 0 Å². The summed E-state index contributed by atoms with van der Waals surface area (Å²) in [7, 11) is 0. The van der Waals surface area contributed by atoms with Gasteiger partial charge in [-0.15, -0.1) is 0 Å². The Balaban J connectivity index is 2.46. The first kappa shape index (κ1) is 33.2. The molecular weight excluding hydrogens is 468 g/mol. The first-order valence-corrected chi connectivity index (χ1v) is 14.1. The Morgan fingerprint density at radius 2 is 1.36 bits per heavy atom. The van der Waals surface area contributed by atoms with Crippen LogP contribution in [-0.2, 0) is 23.7 Å². The highest BCUT2D eigenvalue weighted by molar-refractivity contribution is 5.69. The fraction of sp³-hybridized carbons (Fsp3) is 0.963. The lowest BCUT2D eigenvalue weighted by Crippen LogP contribution is -2.59. The predicted molar refractivity (Wildman–Crippen MR) is 136 cm³/mol. The molecule has 0 radical (unpaired) electrons. The van der Waals surface area contributed by atoms with E-state index in [1.54, 1.807) is 0 Å². The first-order chi connectivity index (χ1) is 17.4. The minimum atomic E-state index is -1.52. The summed E-state index contributed by atoms with van der Waals surface area (Å²) in [6, 6.07) is 0. The highest BCUT2D eigenvalue weighted by Gasteiger charge is 2.44. The molecular formula is C27H52O9. The van der Waals surface area contributed by atoms with Crippen molar-refractivity contribution < 1.29 is 44.2 Å². The van der Waals surface area contributed by atoms with Gasteiger partial charge in [-0.2, -0.15) is 0 Å². The number of aliphatic hydroxyl groups excluding tert-OH is 4. The minimum Gasteiger partial charge on any atom is -0.457 e. The summed E-state index contributed by atoms with van der Waals surface area (Å²) in [5.74, 6) is -0.326. The van der Waals surface area contributed by atoms with E-state index in [1.165, 1.54) is 51.4 Å². The van der Waals surface area contributed by atoms with Crippen molar-refractivity contribution in [3.05, 3.63) is 0 Å². The molecule has 9 heteroatoms. The molecule has 0 aromatic heterocycles. The molecule has 214 valence electrons. The van der Waals surface area contributed by atoms with Crippen molar-refractivity contribution in [2.75, 3.05) is 26.4 Å². The Morgan fingerprint density at radius 3 is 1.97 bits per heavy atom. The first-order valence-electron chi connectivity index (χ1n) is 14.1. The smallest absolute Gasteiger partial charge is 0.306 e. The Bertz CT molecular complexity index is 531. The third-order valence-electron chi connectivity index (χ3n) is 6.52. The number of rotatable bonds is 22. The maximum absolute atomic E-state index is 12.4. The molecule has 0 spiro atoms. The molecule has 6 unspecified atom stereocenters. The zero-order valence-electron chi connectivity index (χ0n) is 22.5. The van der Waals surface area contributed by atoms with Crippen LogP contribution in [-0.4, -0.2) is 89.6 Å². The quantitative estimate of drug-likeness (QED) is 0.125. The van der Waals surface area contributed by atoms with E-state index >= 15 is 0 Å². The lowest BCUT2D eigenvalue weighted by Gasteiger charge is -2.39. The molecule has 0 saturated carbocycles. The summed E-state index contributed by atoms with van der Waals surface area (Å²) >= 11 is 0. The number of esters is 1. The number of hydrogen-bond donors (Lipinski definition) is 4. The number of carbonyl (C=O) groups is 1. The van der Waals surface area contributed by atoms with Crippen LogP contribution in [0.1, 0.15) is 104 Å². The van der Waals surface area contributed by atoms with Gasteiger partial charge >= 0.3 is 5.97 Å². The van der Waals surface area contributed by atoms with E-state index in [4.69, 9.17) is 18.9 Å². The molecule has 1 rings (SSSR count). The predicted octanol–water partition coefficient (Wildman–Crippen LogP) is 3.23. The number of hydrogen-bond acceptors (Lipinski definition) is 9. The minimum absolute atomic E-state index is 0.109. The highest BCUT2D eigenvalue weighted by atomic mass is 16.7. The topological polar surface area (TPSA) is 135 Å². The standard InChI is InChI=1S/C27H52O9/c1-3-5-7-9-11-13-15-17-33-19-21(35-23(29)16-14-12-10-8-6-4-2)20-34-27-26(32)25(31)24(30)22(18-28)36-27/h21-22,24-28,30-32H,3-20H2,1-2H3. The number of aliphatic hydroxyl groups is 4. The molecule has 1 fully saturated rings. The van der Waals surface area contributed by atoms with E-state index in [-0.39, 0.29) is 19.2 Å². The second-order valence-electron chi connectivity index (χ2n) is 9.86. The monoisotopic (exact) mass is 520 g/mol. The molecule has 0 aliphatic carbocycles. The molecule has 36 heavy (non-hydrogen) atoms. The molecule has 0 aromatic carbocycles. The van der Waals surface area contributed by atoms with Crippen molar-refractivity contribution in [2.24, 2.45) is 0 Å². The van der Waals surface area contributed by atoms with Crippen LogP contribution in [0.25, 0.3) is 0 Å². The molecule has 1 aliphatic rings. The van der Waals surface area contributed by atoms with Gasteiger partial charge in [-0.1, -0.05) is 84.5 Å². The van der Waals surface area contributed by atoms with Gasteiger partial charge in [0.15, 0.2) is 6.29 Å². The molecule has 4 N–H and O–H groups in total. The highest BCUT2D eigenvalue weighted by Crippen LogP contribution is 2.22. The second kappa shape index (κ2) is 21.2. The van der Waals surface area contributed by atoms with Crippen molar-refractivity contribution in [2.45, 2.75) is 141 Å². The fourth-order valence-corrected chi connectivity index (χ4v) is 4.19. The average Bonchev–Trinajstić information content (AvgIpc) is 2.87. The molecule has 0 amide bonds. The Morgan fingerprint density at radius 1 is 0.778 bits per heavy atom. The largest absolute Gasteiger partial charge is 0.457 e. The van der Waals surface area contributed by atoms with E-state index in [2.05, 4.69) is 13.8 Å². The lowest BCUT2D eigenvalue weighted by atomic mass is 9.99. The van der Waals surface area contributed by atoms with Crippen molar-refractivity contribution in [3.8, 4) is 0 Å². The third-order valence-corrected chi connectivity index (χ3v) is 6.52. The van der Waals surface area contributed by atoms with Gasteiger partial charge in [-0.05, 0) is 12.8 Å². The van der Waals surface area contributed by atoms with Gasteiger partial charge in [0, 0.05) is 13.0 Å². The van der Waals surface area contributed by atoms with Crippen LogP contribution < -0.4 is 0 Å².